The van der Waals surface area contributed by atoms with Gasteiger partial charge in [0.2, 0.25) is 0 Å². The predicted octanol–water partition coefficient (Wildman–Crippen LogP) is -5.42. The van der Waals surface area contributed by atoms with Crippen molar-refractivity contribution in [3.63, 3.8) is 0 Å². The van der Waals surface area contributed by atoms with Crippen LogP contribution in [0, 0.1) is 0 Å². The van der Waals surface area contributed by atoms with Gasteiger partial charge in [0.1, 0.15) is 48.5 Å². The summed E-state index contributed by atoms with van der Waals surface area (Å²) in [7, 11) is -5.48. The molecular formula is C18H28N3O16P. The highest BCUT2D eigenvalue weighted by Crippen LogP contribution is 2.51. The maximum absolute atomic E-state index is 12.6. The number of carboxylic acids is 1. The second-order valence-corrected chi connectivity index (χ2v) is 9.97. The number of nitrogens with zero attached hydrogens (tertiary/aromatic N) is 2. The third-order valence-electron chi connectivity index (χ3n) is 5.91. The molecular weight excluding hydrogens is 545 g/mol. The second-order valence-electron chi connectivity index (χ2n) is 8.59. The fourth-order valence-corrected chi connectivity index (χ4v) is 4.84. The molecule has 20 heteroatoms. The number of ether oxygens (including phenoxy) is 2. The van der Waals surface area contributed by atoms with Gasteiger partial charge in [-0.1, -0.05) is 0 Å². The van der Waals surface area contributed by atoms with Gasteiger partial charge in [-0.25, -0.2) is 18.7 Å². The average molecular weight is 573 g/mol. The van der Waals surface area contributed by atoms with Gasteiger partial charge in [0.15, 0.2) is 6.23 Å². The molecule has 11 unspecified atom stereocenters. The van der Waals surface area contributed by atoms with Crippen molar-refractivity contribution in [2.75, 3.05) is 18.9 Å². The fourth-order valence-electron chi connectivity index (χ4n) is 3.88. The quantitative estimate of drug-likeness (QED) is 0.117. The second kappa shape index (κ2) is 11.6. The Morgan fingerprint density at radius 3 is 2.50 bits per heavy atom. The summed E-state index contributed by atoms with van der Waals surface area (Å²) in [6, 6.07) is 1.20. The molecule has 0 aromatic carbocycles. The lowest BCUT2D eigenvalue weighted by Gasteiger charge is -2.44. The van der Waals surface area contributed by atoms with Gasteiger partial charge in [-0.15, -0.1) is 0 Å². The van der Waals surface area contributed by atoms with E-state index in [-0.39, 0.29) is 5.82 Å². The highest BCUT2D eigenvalue weighted by Gasteiger charge is 2.58. The number of aromatic nitrogens is 2. The average Bonchev–Trinajstić information content (AvgIpc) is 3.12. The molecule has 0 bridgehead atoms. The van der Waals surface area contributed by atoms with Gasteiger partial charge in [0.05, 0.1) is 19.3 Å². The number of hydrogen-bond acceptors (Lipinski definition) is 16. The van der Waals surface area contributed by atoms with Gasteiger partial charge in [-0.2, -0.15) is 4.98 Å². The standard InChI is InChI=1S/C18H28N3O16P/c19-9-1-2-21(17(31)20-9)15-13(28)12(27)8(35-15)5-34-38(32,33)37-18(16(29)30)3-6(23)10(25)14(36-18)11(26)7(24)4-22/h1-2,6-8,10-15,22-28H,3-5H2,(H,29,30)(H,32,33)(H2,19,20,31). The van der Waals surface area contributed by atoms with E-state index in [1.807, 2.05) is 0 Å². The van der Waals surface area contributed by atoms with Gasteiger partial charge in [-0.05, 0) is 6.07 Å². The minimum absolute atomic E-state index is 0.131. The molecule has 2 saturated heterocycles. The SMILES string of the molecule is Nc1ccn(C2OC(COP(=O)(O)OC3(C(=O)O)CC(O)C(O)C(C(O)C(O)CO)O3)C(O)C2O)c(=O)n1. The molecule has 2 aliphatic rings. The van der Waals surface area contributed by atoms with Gasteiger partial charge in [0.25, 0.3) is 5.79 Å². The summed E-state index contributed by atoms with van der Waals surface area (Å²) < 4.78 is 33.1. The van der Waals surface area contributed by atoms with Crippen LogP contribution in [0.2, 0.25) is 0 Å². The lowest BCUT2D eigenvalue weighted by Crippen LogP contribution is -2.63. The van der Waals surface area contributed by atoms with Gasteiger partial charge >= 0.3 is 19.5 Å². The van der Waals surface area contributed by atoms with Crippen molar-refractivity contribution in [2.45, 2.75) is 67.3 Å². The monoisotopic (exact) mass is 573 g/mol. The molecule has 19 nitrogen and oxygen atoms in total. The Bertz CT molecular complexity index is 1110. The number of carbonyl (C=O) groups is 1. The van der Waals surface area contributed by atoms with E-state index in [1.54, 1.807) is 0 Å². The van der Waals surface area contributed by atoms with Crippen LogP contribution in [0.4, 0.5) is 5.82 Å². The molecule has 3 rings (SSSR count). The number of aliphatic hydroxyl groups is 7. The minimum Gasteiger partial charge on any atom is -0.477 e. The first-order valence-electron chi connectivity index (χ1n) is 10.9. The largest absolute Gasteiger partial charge is 0.477 e. The number of phosphoric ester groups is 1. The summed E-state index contributed by atoms with van der Waals surface area (Å²) in [4.78, 5) is 37.6. The summed E-state index contributed by atoms with van der Waals surface area (Å²) in [6.07, 6.45) is -16.9. The number of hydrogen-bond donors (Lipinski definition) is 10. The van der Waals surface area contributed by atoms with Crippen molar-refractivity contribution >= 4 is 19.6 Å². The number of aliphatic carboxylic acids is 1. The summed E-state index contributed by atoms with van der Waals surface area (Å²) in [6.45, 7) is -2.06. The number of nitrogens with two attached hydrogens (primary N) is 1. The lowest BCUT2D eigenvalue weighted by atomic mass is 9.91. The Morgan fingerprint density at radius 2 is 1.92 bits per heavy atom. The van der Waals surface area contributed by atoms with Gasteiger partial charge in [-0.3, -0.25) is 9.09 Å². The Labute approximate surface area is 212 Å². The zero-order valence-corrected chi connectivity index (χ0v) is 20.2. The van der Waals surface area contributed by atoms with Crippen LogP contribution in [0.1, 0.15) is 12.6 Å². The minimum atomic E-state index is -5.48. The molecule has 1 aromatic rings. The van der Waals surface area contributed by atoms with Crippen LogP contribution in [0.25, 0.3) is 0 Å². The third-order valence-corrected chi connectivity index (χ3v) is 6.91. The van der Waals surface area contributed by atoms with Crippen LogP contribution in [0.15, 0.2) is 17.1 Å². The molecule has 0 saturated carbocycles. The zero-order valence-electron chi connectivity index (χ0n) is 19.3. The number of anilines is 1. The fraction of sp³-hybridized carbons (Fsp3) is 0.722. The van der Waals surface area contributed by atoms with E-state index in [0.717, 1.165) is 10.8 Å². The van der Waals surface area contributed by atoms with Crippen LogP contribution in [0.5, 0.6) is 0 Å². The van der Waals surface area contributed by atoms with Crippen LogP contribution < -0.4 is 11.4 Å². The van der Waals surface area contributed by atoms with Crippen molar-refractivity contribution in [3.05, 3.63) is 22.7 Å². The van der Waals surface area contributed by atoms with E-state index in [9.17, 15) is 54.8 Å². The first-order valence-corrected chi connectivity index (χ1v) is 12.4. The highest BCUT2D eigenvalue weighted by atomic mass is 31.2. The Kier molecular flexibility index (Phi) is 9.26. The van der Waals surface area contributed by atoms with Crippen LogP contribution in [0.3, 0.4) is 0 Å². The number of carboxylic acid groups (broad SMARTS) is 1. The highest BCUT2D eigenvalue weighted by molar-refractivity contribution is 7.47. The lowest BCUT2D eigenvalue weighted by molar-refractivity contribution is -0.307. The van der Waals surface area contributed by atoms with Crippen LogP contribution >= 0.6 is 7.82 Å². The molecule has 0 amide bonds. The Balaban J connectivity index is 1.74. The number of nitrogen functional groups attached to an aromatic ring is 1. The molecule has 0 radical (unpaired) electrons. The molecule has 38 heavy (non-hydrogen) atoms. The summed E-state index contributed by atoms with van der Waals surface area (Å²) in [5.74, 6) is -5.43. The maximum Gasteiger partial charge on any atom is 0.475 e. The van der Waals surface area contributed by atoms with Crippen LogP contribution in [-0.4, -0.2) is 129 Å². The summed E-state index contributed by atoms with van der Waals surface area (Å²) >= 11 is 0. The van der Waals surface area contributed by atoms with E-state index in [0.29, 0.717) is 0 Å². The number of aliphatic hydroxyl groups excluding tert-OH is 7. The van der Waals surface area contributed by atoms with E-state index >= 15 is 0 Å². The van der Waals surface area contributed by atoms with Gasteiger partial charge in [0, 0.05) is 12.6 Å². The van der Waals surface area contributed by atoms with E-state index in [2.05, 4.69) is 9.51 Å². The molecule has 0 aliphatic carbocycles. The van der Waals surface area contributed by atoms with Gasteiger partial charge < -0.3 is 61.0 Å². The zero-order chi connectivity index (χ0) is 28.6. The van der Waals surface area contributed by atoms with E-state index < -0.39 is 100.0 Å². The normalized spacial score (nSPS) is 36.9. The first kappa shape index (κ1) is 30.4. The van der Waals surface area contributed by atoms with Crippen molar-refractivity contribution in [3.8, 4) is 0 Å². The van der Waals surface area contributed by atoms with Crippen molar-refractivity contribution in [1.29, 1.82) is 0 Å². The van der Waals surface area contributed by atoms with Crippen molar-refractivity contribution in [1.82, 2.24) is 9.55 Å². The third kappa shape index (κ3) is 6.20. The maximum atomic E-state index is 12.6. The Morgan fingerprint density at radius 1 is 1.26 bits per heavy atom. The van der Waals surface area contributed by atoms with E-state index in [1.165, 1.54) is 6.07 Å². The van der Waals surface area contributed by atoms with Crippen molar-refractivity contribution in [2.24, 2.45) is 0 Å². The van der Waals surface area contributed by atoms with Crippen molar-refractivity contribution < 1.29 is 73.6 Å². The number of rotatable bonds is 10. The summed E-state index contributed by atoms with van der Waals surface area (Å²) in [5.41, 5.74) is 4.45. The molecule has 11 N–H and O–H groups in total. The Hall–Kier alpha value is -2.10. The van der Waals surface area contributed by atoms with E-state index in [4.69, 9.17) is 24.8 Å². The number of phosphoric acid groups is 1. The van der Waals surface area contributed by atoms with Crippen LogP contribution in [-0.2, 0) is 27.9 Å². The predicted molar refractivity (Wildman–Crippen MR) is 117 cm³/mol. The molecule has 1 aromatic heterocycles. The molecule has 3 heterocycles. The molecule has 216 valence electrons. The topological polar surface area (TPSA) is 314 Å². The molecule has 2 aliphatic heterocycles. The molecule has 11 atom stereocenters. The first-order chi connectivity index (χ1) is 17.6. The molecule has 0 spiro atoms. The summed E-state index contributed by atoms with van der Waals surface area (Å²) in [5, 5.41) is 79.1. The molecule has 2 fully saturated rings. The smallest absolute Gasteiger partial charge is 0.475 e.